The minimum absolute atomic E-state index is 0.131. The molecule has 0 atom stereocenters. The van der Waals surface area contributed by atoms with Crippen molar-refractivity contribution < 1.29 is 9.53 Å². The van der Waals surface area contributed by atoms with Gasteiger partial charge in [0, 0.05) is 16.8 Å². The highest BCUT2D eigenvalue weighted by Gasteiger charge is 2.10. The topological polar surface area (TPSA) is 38.3 Å². The normalized spacial score (nSPS) is 10.3. The number of carbonyl (C=O) groups excluding carboxylic acids is 1. The molecule has 1 N–H and O–H groups in total. The van der Waals surface area contributed by atoms with E-state index in [9.17, 15) is 4.79 Å². The van der Waals surface area contributed by atoms with Crippen LogP contribution >= 0.6 is 0 Å². The van der Waals surface area contributed by atoms with E-state index < -0.39 is 0 Å². The molecular weight excluding hydrogens is 322 g/mol. The summed E-state index contributed by atoms with van der Waals surface area (Å²) in [6.45, 7) is 2.83. The minimum atomic E-state index is -0.131. The largest absolute Gasteiger partial charge is 0.494 e. The summed E-state index contributed by atoms with van der Waals surface area (Å²) in [5.74, 6) is 0.660. The maximum absolute atomic E-state index is 12.6. The Kier molecular flexibility index (Phi) is 6.05. The first-order valence-electron chi connectivity index (χ1n) is 8.96. The zero-order chi connectivity index (χ0) is 18.2. The van der Waals surface area contributed by atoms with Gasteiger partial charge in [0.05, 0.1) is 6.61 Å². The molecule has 0 heterocycles. The van der Waals surface area contributed by atoms with Gasteiger partial charge in [0.15, 0.2) is 0 Å². The van der Waals surface area contributed by atoms with Crippen molar-refractivity contribution in [3.63, 3.8) is 0 Å². The van der Waals surface area contributed by atoms with Gasteiger partial charge in [-0.1, -0.05) is 61.9 Å². The van der Waals surface area contributed by atoms with Crippen molar-refractivity contribution in [1.29, 1.82) is 0 Å². The number of benzene rings is 3. The molecule has 3 aromatic carbocycles. The lowest BCUT2D eigenvalue weighted by molar-refractivity contribution is 0.102. The van der Waals surface area contributed by atoms with Crippen LogP contribution in [0.1, 0.15) is 30.1 Å². The van der Waals surface area contributed by atoms with Crippen LogP contribution < -0.4 is 10.1 Å². The number of hydrogen-bond donors (Lipinski definition) is 1. The zero-order valence-corrected chi connectivity index (χ0v) is 14.9. The highest BCUT2D eigenvalue weighted by molar-refractivity contribution is 6.06. The molecule has 3 aromatic rings. The zero-order valence-electron chi connectivity index (χ0n) is 14.9. The van der Waals surface area contributed by atoms with E-state index in [-0.39, 0.29) is 5.91 Å². The van der Waals surface area contributed by atoms with E-state index >= 15 is 0 Å². The van der Waals surface area contributed by atoms with E-state index in [0.29, 0.717) is 12.2 Å². The lowest BCUT2D eigenvalue weighted by atomic mass is 10.0. The summed E-state index contributed by atoms with van der Waals surface area (Å²) in [5.41, 5.74) is 3.48. The molecule has 26 heavy (non-hydrogen) atoms. The fourth-order valence-corrected chi connectivity index (χ4v) is 2.69. The van der Waals surface area contributed by atoms with Crippen molar-refractivity contribution in [3.8, 4) is 16.9 Å². The maximum Gasteiger partial charge on any atom is 0.255 e. The molecule has 1 amide bonds. The van der Waals surface area contributed by atoms with Crippen molar-refractivity contribution in [2.75, 3.05) is 11.9 Å². The SMILES string of the molecule is CCCCOc1ccc(C(=O)Nc2ccccc2-c2ccccc2)cc1. The Labute approximate surface area is 154 Å². The monoisotopic (exact) mass is 345 g/mol. The molecule has 0 aliphatic carbocycles. The Morgan fingerprint density at radius 1 is 0.885 bits per heavy atom. The molecular formula is C23H23NO2. The molecule has 0 unspecified atom stereocenters. The van der Waals surface area contributed by atoms with Crippen LogP contribution in [0.3, 0.4) is 0 Å². The fraction of sp³-hybridized carbons (Fsp3) is 0.174. The molecule has 0 fully saturated rings. The second kappa shape index (κ2) is 8.86. The first-order valence-corrected chi connectivity index (χ1v) is 8.96. The number of nitrogens with one attached hydrogen (secondary N) is 1. The molecule has 0 bridgehead atoms. The Morgan fingerprint density at radius 3 is 2.31 bits per heavy atom. The summed E-state index contributed by atoms with van der Waals surface area (Å²) in [4.78, 5) is 12.6. The summed E-state index contributed by atoms with van der Waals surface area (Å²) in [5, 5.41) is 3.02. The maximum atomic E-state index is 12.6. The highest BCUT2D eigenvalue weighted by Crippen LogP contribution is 2.28. The first-order chi connectivity index (χ1) is 12.8. The molecule has 0 spiro atoms. The van der Waals surface area contributed by atoms with Crippen LogP contribution in [0.2, 0.25) is 0 Å². The predicted molar refractivity (Wildman–Crippen MR) is 107 cm³/mol. The average Bonchev–Trinajstić information content (AvgIpc) is 2.70. The van der Waals surface area contributed by atoms with Crippen molar-refractivity contribution in [2.24, 2.45) is 0 Å². The van der Waals surface area contributed by atoms with Crippen LogP contribution in [-0.4, -0.2) is 12.5 Å². The van der Waals surface area contributed by atoms with Crippen molar-refractivity contribution in [3.05, 3.63) is 84.4 Å². The lowest BCUT2D eigenvalue weighted by Gasteiger charge is -2.12. The van der Waals surface area contributed by atoms with Gasteiger partial charge in [0.25, 0.3) is 5.91 Å². The molecule has 3 heteroatoms. The van der Waals surface area contributed by atoms with E-state index in [0.717, 1.165) is 35.4 Å². The van der Waals surface area contributed by atoms with Gasteiger partial charge in [-0.05, 0) is 42.3 Å². The summed E-state index contributed by atoms with van der Waals surface area (Å²) in [6.07, 6.45) is 2.12. The van der Waals surface area contributed by atoms with Crippen LogP contribution in [0.4, 0.5) is 5.69 Å². The van der Waals surface area contributed by atoms with Gasteiger partial charge in [0.2, 0.25) is 0 Å². The van der Waals surface area contributed by atoms with E-state index in [2.05, 4.69) is 12.2 Å². The third-order valence-corrected chi connectivity index (χ3v) is 4.14. The highest BCUT2D eigenvalue weighted by atomic mass is 16.5. The van der Waals surface area contributed by atoms with E-state index in [1.54, 1.807) is 12.1 Å². The van der Waals surface area contributed by atoms with Gasteiger partial charge in [-0.25, -0.2) is 0 Å². The molecule has 132 valence electrons. The molecule has 0 saturated heterocycles. The second-order valence-corrected chi connectivity index (χ2v) is 6.09. The molecule has 0 aliphatic heterocycles. The van der Waals surface area contributed by atoms with Crippen LogP contribution in [0, 0.1) is 0 Å². The van der Waals surface area contributed by atoms with Crippen LogP contribution in [0.5, 0.6) is 5.75 Å². The number of hydrogen-bond acceptors (Lipinski definition) is 2. The predicted octanol–water partition coefficient (Wildman–Crippen LogP) is 5.78. The lowest BCUT2D eigenvalue weighted by Crippen LogP contribution is -2.12. The Hall–Kier alpha value is -3.07. The molecule has 0 saturated carbocycles. The van der Waals surface area contributed by atoms with E-state index in [1.807, 2.05) is 66.7 Å². The molecule has 0 aliphatic rings. The van der Waals surface area contributed by atoms with Gasteiger partial charge >= 0.3 is 0 Å². The summed E-state index contributed by atoms with van der Waals surface area (Å²) in [7, 11) is 0. The minimum Gasteiger partial charge on any atom is -0.494 e. The number of anilines is 1. The Morgan fingerprint density at radius 2 is 1.58 bits per heavy atom. The fourth-order valence-electron chi connectivity index (χ4n) is 2.69. The quantitative estimate of drug-likeness (QED) is 0.551. The van der Waals surface area contributed by atoms with E-state index in [4.69, 9.17) is 4.74 Å². The molecule has 0 aromatic heterocycles. The number of carbonyl (C=O) groups is 1. The van der Waals surface area contributed by atoms with Crippen molar-refractivity contribution in [1.82, 2.24) is 0 Å². The number of ether oxygens (including phenoxy) is 1. The molecule has 0 radical (unpaired) electrons. The van der Waals surface area contributed by atoms with Crippen molar-refractivity contribution in [2.45, 2.75) is 19.8 Å². The number of para-hydroxylation sites is 1. The third-order valence-electron chi connectivity index (χ3n) is 4.14. The number of rotatable bonds is 7. The summed E-state index contributed by atoms with van der Waals surface area (Å²) < 4.78 is 5.64. The second-order valence-electron chi connectivity index (χ2n) is 6.09. The smallest absolute Gasteiger partial charge is 0.255 e. The van der Waals surface area contributed by atoms with Gasteiger partial charge in [0.1, 0.15) is 5.75 Å². The van der Waals surface area contributed by atoms with Crippen molar-refractivity contribution >= 4 is 11.6 Å². The van der Waals surface area contributed by atoms with Gasteiger partial charge in [-0.15, -0.1) is 0 Å². The summed E-state index contributed by atoms with van der Waals surface area (Å²) >= 11 is 0. The standard InChI is InChI=1S/C23H23NO2/c1-2-3-17-26-20-15-13-19(14-16-20)23(25)24-22-12-8-7-11-21(22)18-9-5-4-6-10-18/h4-16H,2-3,17H2,1H3,(H,24,25). The van der Waals surface area contributed by atoms with Crippen LogP contribution in [-0.2, 0) is 0 Å². The van der Waals surface area contributed by atoms with Gasteiger partial charge < -0.3 is 10.1 Å². The van der Waals surface area contributed by atoms with Crippen LogP contribution in [0.25, 0.3) is 11.1 Å². The van der Waals surface area contributed by atoms with Crippen LogP contribution in [0.15, 0.2) is 78.9 Å². The van der Waals surface area contributed by atoms with Gasteiger partial charge in [-0.3, -0.25) is 4.79 Å². The van der Waals surface area contributed by atoms with E-state index in [1.165, 1.54) is 0 Å². The molecule has 3 rings (SSSR count). The first kappa shape index (κ1) is 17.7. The number of unbranched alkanes of at least 4 members (excludes halogenated alkanes) is 1. The molecule has 3 nitrogen and oxygen atoms in total. The third kappa shape index (κ3) is 4.51. The Bertz CT molecular complexity index is 842. The Balaban J connectivity index is 1.73. The average molecular weight is 345 g/mol. The summed E-state index contributed by atoms with van der Waals surface area (Å²) in [6, 6.07) is 25.1. The van der Waals surface area contributed by atoms with Gasteiger partial charge in [-0.2, -0.15) is 0 Å². The number of amides is 1.